The third kappa shape index (κ3) is 6.32. The van der Waals surface area contributed by atoms with Crippen molar-refractivity contribution in [3.63, 3.8) is 0 Å². The highest BCUT2D eigenvalue weighted by Gasteiger charge is 2.24. The summed E-state index contributed by atoms with van der Waals surface area (Å²) in [6.07, 6.45) is 3.52. The number of carbonyl (C=O) groups excluding carboxylic acids is 2. The highest BCUT2D eigenvalue weighted by Crippen LogP contribution is 2.15. The Kier molecular flexibility index (Phi) is 8.08. The van der Waals surface area contributed by atoms with Gasteiger partial charge in [-0.3, -0.25) is 9.59 Å². The molecule has 0 spiro atoms. The summed E-state index contributed by atoms with van der Waals surface area (Å²) in [7, 11) is 3.51. The lowest BCUT2D eigenvalue weighted by molar-refractivity contribution is -0.133. The first-order chi connectivity index (χ1) is 15.0. The Hall–Kier alpha value is -2.84. The van der Waals surface area contributed by atoms with Gasteiger partial charge in [0.1, 0.15) is 12.3 Å². The first kappa shape index (κ1) is 22.8. The van der Waals surface area contributed by atoms with Crippen LogP contribution in [0.5, 0.6) is 0 Å². The molecule has 0 saturated heterocycles. The molecule has 0 aliphatic heterocycles. The Morgan fingerprint density at radius 1 is 1.10 bits per heavy atom. The Bertz CT molecular complexity index is 1000. The van der Waals surface area contributed by atoms with Crippen molar-refractivity contribution in [3.8, 4) is 0 Å². The molecule has 0 saturated carbocycles. The second-order valence-electron chi connectivity index (χ2n) is 7.17. The van der Waals surface area contributed by atoms with Gasteiger partial charge in [0.05, 0.1) is 26.0 Å². The molecule has 0 aliphatic carbocycles. The average molecular weight is 488 g/mol. The summed E-state index contributed by atoms with van der Waals surface area (Å²) in [5.41, 5.74) is 1.50. The quantitative estimate of drug-likeness (QED) is 0.437. The third-order valence-corrected chi connectivity index (χ3v) is 5.43. The fourth-order valence-corrected chi connectivity index (χ4v) is 3.60. The van der Waals surface area contributed by atoms with Gasteiger partial charge in [-0.25, -0.2) is 0 Å². The van der Waals surface area contributed by atoms with E-state index in [1.165, 1.54) is 4.90 Å². The summed E-state index contributed by atoms with van der Waals surface area (Å²) in [4.78, 5) is 29.6. The zero-order chi connectivity index (χ0) is 22.2. The van der Waals surface area contributed by atoms with E-state index in [0.717, 1.165) is 10.2 Å². The van der Waals surface area contributed by atoms with Gasteiger partial charge in [0.25, 0.3) is 5.91 Å². The Morgan fingerprint density at radius 3 is 2.58 bits per heavy atom. The molecule has 2 aromatic heterocycles. The molecule has 3 rings (SSSR count). The summed E-state index contributed by atoms with van der Waals surface area (Å²) in [6.45, 7) is 1.32. The molecule has 31 heavy (non-hydrogen) atoms. The lowest BCUT2D eigenvalue weighted by Crippen LogP contribution is -2.43. The molecular weight excluding hydrogens is 462 g/mol. The first-order valence-electron chi connectivity index (χ1n) is 9.92. The van der Waals surface area contributed by atoms with Crippen LogP contribution >= 0.6 is 15.9 Å². The molecule has 7 nitrogen and oxygen atoms in total. The van der Waals surface area contributed by atoms with E-state index in [-0.39, 0.29) is 18.4 Å². The van der Waals surface area contributed by atoms with Crippen LogP contribution in [0.4, 0.5) is 0 Å². The van der Waals surface area contributed by atoms with Crippen molar-refractivity contribution in [2.75, 3.05) is 26.8 Å². The molecule has 0 radical (unpaired) electrons. The number of amides is 2. The normalized spacial score (nSPS) is 10.8. The van der Waals surface area contributed by atoms with Gasteiger partial charge in [-0.2, -0.15) is 0 Å². The number of aryl methyl sites for hydroxylation is 1. The second kappa shape index (κ2) is 11.0. The van der Waals surface area contributed by atoms with Gasteiger partial charge in [-0.15, -0.1) is 0 Å². The molecule has 2 heterocycles. The lowest BCUT2D eigenvalue weighted by Gasteiger charge is -2.27. The Labute approximate surface area is 190 Å². The average Bonchev–Trinajstić information content (AvgIpc) is 3.42. The van der Waals surface area contributed by atoms with Crippen LogP contribution in [0.15, 0.2) is 69.9 Å². The molecule has 0 atom stereocenters. The van der Waals surface area contributed by atoms with Crippen LogP contribution in [0.25, 0.3) is 0 Å². The van der Waals surface area contributed by atoms with Crippen LogP contribution in [0.3, 0.4) is 0 Å². The van der Waals surface area contributed by atoms with E-state index in [9.17, 15) is 9.59 Å². The highest BCUT2D eigenvalue weighted by atomic mass is 79.9. The van der Waals surface area contributed by atoms with Crippen molar-refractivity contribution >= 4 is 27.7 Å². The summed E-state index contributed by atoms with van der Waals surface area (Å²) < 4.78 is 13.4. The van der Waals surface area contributed by atoms with E-state index in [4.69, 9.17) is 9.15 Å². The number of aromatic nitrogens is 1. The molecule has 0 unspecified atom stereocenters. The summed E-state index contributed by atoms with van der Waals surface area (Å²) in [6, 6.07) is 14.7. The molecule has 3 aromatic rings. The molecule has 0 bridgehead atoms. The minimum Gasteiger partial charge on any atom is -0.467 e. The van der Waals surface area contributed by atoms with Crippen molar-refractivity contribution in [2.24, 2.45) is 7.05 Å². The zero-order valence-corrected chi connectivity index (χ0v) is 19.2. The number of halogens is 1. The number of methoxy groups -OCH3 is 1. The fraction of sp³-hybridized carbons (Fsp3) is 0.304. The summed E-state index contributed by atoms with van der Waals surface area (Å²) in [5.74, 6) is 0.296. The number of carbonyl (C=O) groups is 2. The molecule has 2 amide bonds. The van der Waals surface area contributed by atoms with Gasteiger partial charge in [-0.05, 0) is 42.5 Å². The maximum atomic E-state index is 13.3. The van der Waals surface area contributed by atoms with Crippen molar-refractivity contribution in [2.45, 2.75) is 13.1 Å². The van der Waals surface area contributed by atoms with Crippen molar-refractivity contribution < 1.29 is 18.7 Å². The number of benzene rings is 1. The topological polar surface area (TPSA) is 67.9 Å². The Balaban J connectivity index is 1.79. The van der Waals surface area contributed by atoms with Crippen LogP contribution in [0, 0.1) is 0 Å². The van der Waals surface area contributed by atoms with E-state index in [1.807, 2.05) is 42.1 Å². The van der Waals surface area contributed by atoms with Crippen molar-refractivity contribution in [3.05, 3.63) is 82.5 Å². The number of hydrogen-bond acceptors (Lipinski definition) is 4. The third-order valence-electron chi connectivity index (χ3n) is 4.93. The van der Waals surface area contributed by atoms with Crippen LogP contribution in [-0.2, 0) is 29.7 Å². The first-order valence-corrected chi connectivity index (χ1v) is 10.7. The monoisotopic (exact) mass is 487 g/mol. The second-order valence-corrected chi connectivity index (χ2v) is 8.09. The van der Waals surface area contributed by atoms with Crippen LogP contribution in [0.1, 0.15) is 21.8 Å². The molecule has 1 aromatic carbocycles. The zero-order valence-electron chi connectivity index (χ0n) is 17.7. The number of rotatable bonds is 10. The predicted molar refractivity (Wildman–Crippen MR) is 120 cm³/mol. The van der Waals surface area contributed by atoms with E-state index < -0.39 is 0 Å². The maximum Gasteiger partial charge on any atom is 0.254 e. The largest absolute Gasteiger partial charge is 0.467 e. The molecule has 0 fully saturated rings. The predicted octanol–water partition coefficient (Wildman–Crippen LogP) is 3.70. The number of ether oxygens (including phenoxy) is 1. The van der Waals surface area contributed by atoms with Crippen molar-refractivity contribution in [1.29, 1.82) is 0 Å². The molecule has 8 heteroatoms. The highest BCUT2D eigenvalue weighted by molar-refractivity contribution is 9.10. The van der Waals surface area contributed by atoms with E-state index in [1.54, 1.807) is 42.5 Å². The van der Waals surface area contributed by atoms with Gasteiger partial charge in [0.15, 0.2) is 0 Å². The van der Waals surface area contributed by atoms with E-state index in [2.05, 4.69) is 15.9 Å². The summed E-state index contributed by atoms with van der Waals surface area (Å²) >= 11 is 3.40. The number of hydrogen-bond donors (Lipinski definition) is 0. The SMILES string of the molecule is COCCN(CC(=O)N(Cc1ccco1)Cc1cccn1C)C(=O)c1cccc(Br)c1. The minimum atomic E-state index is -0.219. The van der Waals surface area contributed by atoms with Gasteiger partial charge < -0.3 is 23.5 Å². The van der Waals surface area contributed by atoms with E-state index in [0.29, 0.717) is 37.6 Å². The molecule has 0 N–H and O–H groups in total. The van der Waals surface area contributed by atoms with Gasteiger partial charge in [0.2, 0.25) is 5.91 Å². The lowest BCUT2D eigenvalue weighted by atomic mass is 10.2. The molecular formula is C23H26BrN3O4. The molecule has 0 aliphatic rings. The summed E-state index contributed by atoms with van der Waals surface area (Å²) in [5, 5.41) is 0. The van der Waals surface area contributed by atoms with Crippen molar-refractivity contribution in [1.82, 2.24) is 14.4 Å². The molecule has 164 valence electrons. The fourth-order valence-electron chi connectivity index (χ4n) is 3.20. The number of furan rings is 1. The number of nitrogens with zero attached hydrogens (tertiary/aromatic N) is 3. The maximum absolute atomic E-state index is 13.3. The van der Waals surface area contributed by atoms with Crippen LogP contribution in [-0.4, -0.2) is 53.0 Å². The van der Waals surface area contributed by atoms with Gasteiger partial charge in [-0.1, -0.05) is 22.0 Å². The standard InChI is InChI=1S/C23H26BrN3O4/c1-25-10-4-8-20(25)15-27(16-21-9-5-12-31-21)22(28)17-26(11-13-30-2)23(29)18-6-3-7-19(24)14-18/h3-10,12,14H,11,13,15-17H2,1-2H3. The smallest absolute Gasteiger partial charge is 0.254 e. The van der Waals surface area contributed by atoms with Crippen LogP contribution in [0.2, 0.25) is 0 Å². The van der Waals surface area contributed by atoms with Crippen LogP contribution < -0.4 is 0 Å². The van der Waals surface area contributed by atoms with Gasteiger partial charge >= 0.3 is 0 Å². The van der Waals surface area contributed by atoms with Gasteiger partial charge in [0, 0.05) is 42.6 Å². The van der Waals surface area contributed by atoms with E-state index >= 15 is 0 Å². The minimum absolute atomic E-state index is 0.0557. The Morgan fingerprint density at radius 2 is 1.94 bits per heavy atom.